The van der Waals surface area contributed by atoms with Crippen LogP contribution in [0.2, 0.25) is 5.02 Å². The van der Waals surface area contributed by atoms with Gasteiger partial charge < -0.3 is 19.9 Å². The van der Waals surface area contributed by atoms with Gasteiger partial charge in [0.1, 0.15) is 0 Å². The summed E-state index contributed by atoms with van der Waals surface area (Å²) < 4.78 is 10.1. The summed E-state index contributed by atoms with van der Waals surface area (Å²) in [6.07, 6.45) is 0. The molecule has 8 heteroatoms. The number of aromatic nitrogens is 2. The Labute approximate surface area is 139 Å². The SMILES string of the molecule is COCCNCC(=O)NC(C)c1noc(-c2ccc(Cl)cc2)n1. The Balaban J connectivity index is 1.89. The van der Waals surface area contributed by atoms with Crippen LogP contribution in [0.3, 0.4) is 0 Å². The number of carbonyl (C=O) groups excluding carboxylic acids is 1. The number of nitrogens with zero attached hydrogens (tertiary/aromatic N) is 2. The minimum atomic E-state index is -0.350. The van der Waals surface area contributed by atoms with Gasteiger partial charge in [-0.25, -0.2) is 0 Å². The summed E-state index contributed by atoms with van der Waals surface area (Å²) in [5.41, 5.74) is 0.771. The second kappa shape index (κ2) is 8.61. The van der Waals surface area contributed by atoms with E-state index in [9.17, 15) is 4.79 Å². The third kappa shape index (κ3) is 5.31. The van der Waals surface area contributed by atoms with Gasteiger partial charge in [0.2, 0.25) is 5.91 Å². The lowest BCUT2D eigenvalue weighted by molar-refractivity contribution is -0.120. The molecule has 0 bridgehead atoms. The number of rotatable bonds is 8. The van der Waals surface area contributed by atoms with Crippen LogP contribution in [0.5, 0.6) is 0 Å². The van der Waals surface area contributed by atoms with Crippen molar-refractivity contribution in [3.05, 3.63) is 35.1 Å². The van der Waals surface area contributed by atoms with Gasteiger partial charge in [-0.3, -0.25) is 4.79 Å². The van der Waals surface area contributed by atoms with E-state index in [0.29, 0.717) is 29.9 Å². The zero-order chi connectivity index (χ0) is 16.7. The molecule has 2 aromatic rings. The maximum absolute atomic E-state index is 11.8. The van der Waals surface area contributed by atoms with Gasteiger partial charge in [-0.1, -0.05) is 16.8 Å². The second-order valence-corrected chi connectivity index (χ2v) is 5.36. The highest BCUT2D eigenvalue weighted by atomic mass is 35.5. The van der Waals surface area contributed by atoms with Gasteiger partial charge in [-0.05, 0) is 31.2 Å². The first-order valence-electron chi connectivity index (χ1n) is 7.18. The van der Waals surface area contributed by atoms with E-state index in [4.69, 9.17) is 20.9 Å². The van der Waals surface area contributed by atoms with Crippen LogP contribution in [0.1, 0.15) is 18.8 Å². The Bertz CT molecular complexity index is 630. The van der Waals surface area contributed by atoms with Crippen LogP contribution in [0.25, 0.3) is 11.5 Å². The van der Waals surface area contributed by atoms with E-state index in [2.05, 4.69) is 20.8 Å². The summed E-state index contributed by atoms with van der Waals surface area (Å²) in [6, 6.07) is 6.73. The summed E-state index contributed by atoms with van der Waals surface area (Å²) in [5.74, 6) is 0.655. The number of benzene rings is 1. The molecule has 0 fully saturated rings. The van der Waals surface area contributed by atoms with E-state index in [1.165, 1.54) is 0 Å². The number of ether oxygens (including phenoxy) is 1. The quantitative estimate of drug-likeness (QED) is 0.713. The largest absolute Gasteiger partial charge is 0.383 e. The van der Waals surface area contributed by atoms with E-state index < -0.39 is 0 Å². The molecule has 0 aliphatic heterocycles. The van der Waals surface area contributed by atoms with Crippen LogP contribution < -0.4 is 10.6 Å². The number of amides is 1. The minimum absolute atomic E-state index is 0.147. The zero-order valence-electron chi connectivity index (χ0n) is 13.0. The highest BCUT2D eigenvalue weighted by Gasteiger charge is 2.16. The van der Waals surface area contributed by atoms with Crippen molar-refractivity contribution in [2.45, 2.75) is 13.0 Å². The van der Waals surface area contributed by atoms with Crippen molar-refractivity contribution in [2.75, 3.05) is 26.8 Å². The van der Waals surface area contributed by atoms with E-state index in [1.807, 2.05) is 0 Å². The molecule has 0 saturated heterocycles. The Hall–Kier alpha value is -1.96. The molecule has 1 unspecified atom stereocenters. The molecule has 0 saturated carbocycles. The lowest BCUT2D eigenvalue weighted by atomic mass is 10.2. The molecule has 2 rings (SSSR count). The monoisotopic (exact) mass is 338 g/mol. The Morgan fingerprint density at radius 2 is 2.13 bits per heavy atom. The van der Waals surface area contributed by atoms with E-state index in [1.54, 1.807) is 38.3 Å². The third-order valence-corrected chi connectivity index (χ3v) is 3.32. The van der Waals surface area contributed by atoms with Crippen LogP contribution in [0.4, 0.5) is 0 Å². The van der Waals surface area contributed by atoms with Crippen LogP contribution in [0, 0.1) is 0 Å². The molecule has 7 nitrogen and oxygen atoms in total. The van der Waals surface area contributed by atoms with Gasteiger partial charge in [-0.15, -0.1) is 0 Å². The molecule has 1 aromatic heterocycles. The lowest BCUT2D eigenvalue weighted by Crippen LogP contribution is -2.36. The van der Waals surface area contributed by atoms with Gasteiger partial charge in [-0.2, -0.15) is 4.98 Å². The van der Waals surface area contributed by atoms with Crippen molar-refractivity contribution >= 4 is 17.5 Å². The number of hydrogen-bond donors (Lipinski definition) is 2. The lowest BCUT2D eigenvalue weighted by Gasteiger charge is -2.10. The summed E-state index contributed by atoms with van der Waals surface area (Å²) in [7, 11) is 1.61. The normalized spacial score (nSPS) is 12.1. The van der Waals surface area contributed by atoms with Crippen LogP contribution in [0.15, 0.2) is 28.8 Å². The number of halogens is 1. The van der Waals surface area contributed by atoms with Gasteiger partial charge in [0.05, 0.1) is 19.2 Å². The fourth-order valence-electron chi connectivity index (χ4n) is 1.85. The zero-order valence-corrected chi connectivity index (χ0v) is 13.8. The number of hydrogen-bond acceptors (Lipinski definition) is 6. The van der Waals surface area contributed by atoms with Gasteiger partial charge in [0.25, 0.3) is 5.89 Å². The molecule has 1 atom stereocenters. The van der Waals surface area contributed by atoms with Crippen LogP contribution in [-0.4, -0.2) is 42.9 Å². The van der Waals surface area contributed by atoms with E-state index in [0.717, 1.165) is 5.56 Å². The first-order chi connectivity index (χ1) is 11.1. The molecule has 23 heavy (non-hydrogen) atoms. The molecule has 2 N–H and O–H groups in total. The topological polar surface area (TPSA) is 89.3 Å². The van der Waals surface area contributed by atoms with E-state index >= 15 is 0 Å². The third-order valence-electron chi connectivity index (χ3n) is 3.07. The Morgan fingerprint density at radius 1 is 1.39 bits per heavy atom. The van der Waals surface area contributed by atoms with Crippen LogP contribution in [-0.2, 0) is 9.53 Å². The smallest absolute Gasteiger partial charge is 0.257 e. The average Bonchev–Trinajstić information content (AvgIpc) is 3.02. The second-order valence-electron chi connectivity index (χ2n) is 4.92. The highest BCUT2D eigenvalue weighted by Crippen LogP contribution is 2.21. The fraction of sp³-hybridized carbons (Fsp3) is 0.400. The minimum Gasteiger partial charge on any atom is -0.383 e. The molecule has 1 heterocycles. The predicted molar refractivity (Wildman–Crippen MR) is 86.0 cm³/mol. The molecule has 0 aliphatic rings. The number of carbonyl (C=O) groups is 1. The molecule has 0 aliphatic carbocycles. The van der Waals surface area contributed by atoms with Crippen molar-refractivity contribution in [2.24, 2.45) is 0 Å². The molecule has 1 amide bonds. The van der Waals surface area contributed by atoms with Gasteiger partial charge in [0.15, 0.2) is 5.82 Å². The fourth-order valence-corrected chi connectivity index (χ4v) is 1.98. The van der Waals surface area contributed by atoms with Crippen molar-refractivity contribution in [1.29, 1.82) is 0 Å². The molecular formula is C15H19ClN4O3. The van der Waals surface area contributed by atoms with Crippen molar-refractivity contribution in [3.8, 4) is 11.5 Å². The Morgan fingerprint density at radius 3 is 2.83 bits per heavy atom. The number of methoxy groups -OCH3 is 1. The maximum Gasteiger partial charge on any atom is 0.257 e. The van der Waals surface area contributed by atoms with Crippen molar-refractivity contribution < 1.29 is 14.1 Å². The molecule has 1 aromatic carbocycles. The average molecular weight is 339 g/mol. The molecular weight excluding hydrogens is 320 g/mol. The Kier molecular flexibility index (Phi) is 6.52. The van der Waals surface area contributed by atoms with Gasteiger partial charge >= 0.3 is 0 Å². The highest BCUT2D eigenvalue weighted by molar-refractivity contribution is 6.30. The summed E-state index contributed by atoms with van der Waals surface area (Å²) in [6.45, 7) is 3.17. The standard InChI is InChI=1S/C15H19ClN4O3/c1-10(18-13(21)9-17-7-8-22-2)14-19-15(23-20-14)11-3-5-12(16)6-4-11/h3-6,10,17H,7-9H2,1-2H3,(H,18,21). The van der Waals surface area contributed by atoms with E-state index in [-0.39, 0.29) is 18.5 Å². The predicted octanol–water partition coefficient (Wildman–Crippen LogP) is 1.80. The first kappa shape index (κ1) is 17.4. The van der Waals surface area contributed by atoms with Gasteiger partial charge in [0, 0.05) is 24.2 Å². The van der Waals surface area contributed by atoms with Crippen molar-refractivity contribution in [3.63, 3.8) is 0 Å². The molecule has 124 valence electrons. The summed E-state index contributed by atoms with van der Waals surface area (Å²) >= 11 is 5.85. The molecule has 0 spiro atoms. The summed E-state index contributed by atoms with van der Waals surface area (Å²) in [5, 5.41) is 10.3. The maximum atomic E-state index is 11.8. The summed E-state index contributed by atoms with van der Waals surface area (Å²) in [4.78, 5) is 16.1. The molecule has 0 radical (unpaired) electrons. The van der Waals surface area contributed by atoms with Crippen LogP contribution >= 0.6 is 11.6 Å². The first-order valence-corrected chi connectivity index (χ1v) is 7.56. The van der Waals surface area contributed by atoms with Crippen molar-refractivity contribution in [1.82, 2.24) is 20.8 Å². The number of nitrogens with one attached hydrogen (secondary N) is 2.